The molecule has 0 aromatic heterocycles. The van der Waals surface area contributed by atoms with Gasteiger partial charge in [0.25, 0.3) is 0 Å². The van der Waals surface area contributed by atoms with Gasteiger partial charge in [-0.15, -0.1) is 12.4 Å². The van der Waals surface area contributed by atoms with Crippen LogP contribution in [-0.4, -0.2) is 54.6 Å². The van der Waals surface area contributed by atoms with Crippen molar-refractivity contribution in [1.29, 1.82) is 0 Å². The van der Waals surface area contributed by atoms with E-state index in [1.54, 1.807) is 13.8 Å². The monoisotopic (exact) mass is 206 g/mol. The van der Waals surface area contributed by atoms with E-state index in [0.717, 1.165) is 0 Å². The van der Waals surface area contributed by atoms with E-state index in [0.29, 0.717) is 0 Å². The first-order valence-electron chi connectivity index (χ1n) is 2.80. The summed E-state index contributed by atoms with van der Waals surface area (Å²) in [7, 11) is 0. The molecule has 0 saturated carbocycles. The van der Waals surface area contributed by atoms with Gasteiger partial charge < -0.3 is 5.11 Å². The Morgan fingerprint density at radius 1 is 1.36 bits per heavy atom. The van der Waals surface area contributed by atoms with E-state index in [4.69, 9.17) is 5.11 Å². The summed E-state index contributed by atoms with van der Waals surface area (Å²) in [5.41, 5.74) is 0. The fraction of sp³-hybridized carbons (Fsp3) is 0.667. The molecule has 0 amide bonds. The zero-order chi connectivity index (χ0) is 7.44. The molecule has 0 fully saturated rings. The summed E-state index contributed by atoms with van der Waals surface area (Å²) in [5.74, 6) is -1.90. The van der Waals surface area contributed by atoms with E-state index < -0.39 is 11.8 Å². The summed E-state index contributed by atoms with van der Waals surface area (Å²) in [5, 5.41) is 8.08. The van der Waals surface area contributed by atoms with Crippen LogP contribution < -0.4 is 0 Å². The van der Waals surface area contributed by atoms with E-state index in [9.17, 15) is 9.59 Å². The van der Waals surface area contributed by atoms with Crippen LogP contribution in [0.5, 0.6) is 0 Å². The number of aliphatic carboxylic acids is 1. The van der Waals surface area contributed by atoms with Gasteiger partial charge in [0.2, 0.25) is 5.78 Å². The molecule has 3 nitrogen and oxygen atoms in total. The minimum Gasteiger partial charge on any atom is -0.476 e. The maximum atomic E-state index is 10.4. The Kier molecular flexibility index (Phi) is 14.1. The van der Waals surface area contributed by atoms with Gasteiger partial charge in [-0.2, -0.15) is 0 Å². The molecule has 0 aliphatic rings. The van der Waals surface area contributed by atoms with Crippen LogP contribution >= 0.6 is 12.4 Å². The van der Waals surface area contributed by atoms with Gasteiger partial charge in [-0.25, -0.2) is 4.79 Å². The van der Waals surface area contributed by atoms with Crippen LogP contribution in [0.15, 0.2) is 0 Å². The van der Waals surface area contributed by atoms with Gasteiger partial charge in [0.15, 0.2) is 0 Å². The van der Waals surface area contributed by atoms with Gasteiger partial charge >= 0.3 is 5.97 Å². The average molecular weight is 207 g/mol. The van der Waals surface area contributed by atoms with Crippen molar-refractivity contribution in [2.24, 2.45) is 5.92 Å². The molecule has 2 radical (unpaired) electrons. The number of hydrogen-bond acceptors (Lipinski definition) is 2. The third kappa shape index (κ3) is 10.7. The summed E-state index contributed by atoms with van der Waals surface area (Å²) in [4.78, 5) is 20.2. The second-order valence-corrected chi connectivity index (χ2v) is 2.33. The zero-order valence-corrected chi connectivity index (χ0v) is 9.69. The Morgan fingerprint density at radius 2 is 1.73 bits per heavy atom. The molecular weight excluding hydrogens is 196 g/mol. The SMILES string of the molecule is CC(C)CC(=O)C(=O)O.Cl.[Ca]. The average Bonchev–Trinajstić information content (AvgIpc) is 1.63. The van der Waals surface area contributed by atoms with Crippen LogP contribution in [-0.2, 0) is 9.59 Å². The normalized spacial score (nSPS) is 7.91. The molecule has 0 bridgehead atoms. The number of carbonyl (C=O) groups excluding carboxylic acids is 1. The van der Waals surface area contributed by atoms with Crippen LogP contribution in [0.4, 0.5) is 0 Å². The van der Waals surface area contributed by atoms with Crippen molar-refractivity contribution >= 4 is 61.9 Å². The molecular formula is C6H11CaClO3. The smallest absolute Gasteiger partial charge is 0.372 e. The molecule has 11 heavy (non-hydrogen) atoms. The number of carbonyl (C=O) groups is 2. The maximum absolute atomic E-state index is 10.4. The first kappa shape index (κ1) is 17.7. The fourth-order valence-electron chi connectivity index (χ4n) is 0.458. The van der Waals surface area contributed by atoms with Gasteiger partial charge in [-0.1, -0.05) is 13.8 Å². The first-order chi connectivity index (χ1) is 4.04. The molecule has 0 aromatic rings. The minimum atomic E-state index is -1.33. The predicted octanol–water partition coefficient (Wildman–Crippen LogP) is 0.727. The number of ketones is 1. The number of halogens is 1. The fourth-order valence-corrected chi connectivity index (χ4v) is 0.458. The second kappa shape index (κ2) is 8.78. The van der Waals surface area contributed by atoms with Crippen molar-refractivity contribution in [1.82, 2.24) is 0 Å². The number of carboxylic acid groups (broad SMARTS) is 1. The predicted molar refractivity (Wildman–Crippen MR) is 45.1 cm³/mol. The summed E-state index contributed by atoms with van der Waals surface area (Å²) in [6, 6.07) is 0. The number of rotatable bonds is 3. The van der Waals surface area contributed by atoms with Crippen molar-refractivity contribution in [3.63, 3.8) is 0 Å². The van der Waals surface area contributed by atoms with Crippen molar-refractivity contribution < 1.29 is 14.7 Å². The summed E-state index contributed by atoms with van der Waals surface area (Å²) < 4.78 is 0. The van der Waals surface area contributed by atoms with Crippen LogP contribution in [0.25, 0.3) is 0 Å². The Morgan fingerprint density at radius 3 is 1.82 bits per heavy atom. The molecule has 0 aromatic carbocycles. The Hall–Kier alpha value is 0.690. The molecule has 1 N–H and O–H groups in total. The summed E-state index contributed by atoms with van der Waals surface area (Å²) >= 11 is 0. The third-order valence-corrected chi connectivity index (χ3v) is 0.832. The number of hydrogen-bond donors (Lipinski definition) is 1. The van der Waals surface area contributed by atoms with Crippen LogP contribution in [0.3, 0.4) is 0 Å². The van der Waals surface area contributed by atoms with Crippen LogP contribution in [0.1, 0.15) is 20.3 Å². The molecule has 5 heteroatoms. The minimum absolute atomic E-state index is 0. The van der Waals surface area contributed by atoms with E-state index in [1.165, 1.54) is 0 Å². The van der Waals surface area contributed by atoms with Crippen molar-refractivity contribution in [3.05, 3.63) is 0 Å². The molecule has 0 saturated heterocycles. The molecule has 0 heterocycles. The molecule has 0 unspecified atom stereocenters. The number of Topliss-reactive ketones (excluding diaryl/α,β-unsaturated/α-hetero) is 1. The Bertz CT molecular complexity index is 136. The number of carboxylic acids is 1. The molecule has 0 rings (SSSR count). The summed E-state index contributed by atoms with van der Waals surface area (Å²) in [6.45, 7) is 3.61. The first-order valence-corrected chi connectivity index (χ1v) is 2.80. The molecule has 0 aliphatic heterocycles. The van der Waals surface area contributed by atoms with Crippen LogP contribution in [0.2, 0.25) is 0 Å². The third-order valence-electron chi connectivity index (χ3n) is 0.832. The van der Waals surface area contributed by atoms with Crippen molar-refractivity contribution in [2.45, 2.75) is 20.3 Å². The van der Waals surface area contributed by atoms with E-state index in [2.05, 4.69) is 0 Å². The topological polar surface area (TPSA) is 54.4 Å². The van der Waals surface area contributed by atoms with Crippen LogP contribution in [0, 0.1) is 5.92 Å². The van der Waals surface area contributed by atoms with E-state index >= 15 is 0 Å². The van der Waals surface area contributed by atoms with E-state index in [1.807, 2.05) is 0 Å². The van der Waals surface area contributed by atoms with E-state index in [-0.39, 0.29) is 62.5 Å². The van der Waals surface area contributed by atoms with Gasteiger partial charge in [-0.3, -0.25) is 4.79 Å². The largest absolute Gasteiger partial charge is 0.476 e. The molecule has 0 aliphatic carbocycles. The van der Waals surface area contributed by atoms with Gasteiger partial charge in [-0.05, 0) is 5.92 Å². The molecule has 0 spiro atoms. The van der Waals surface area contributed by atoms with Gasteiger partial charge in [0, 0.05) is 44.2 Å². The molecule has 62 valence electrons. The quantitative estimate of drug-likeness (QED) is 0.547. The Balaban J connectivity index is -0.000000320. The van der Waals surface area contributed by atoms with Crippen molar-refractivity contribution in [3.8, 4) is 0 Å². The Labute approximate surface area is 102 Å². The second-order valence-electron chi connectivity index (χ2n) is 2.33. The van der Waals surface area contributed by atoms with Crippen molar-refractivity contribution in [2.75, 3.05) is 0 Å². The molecule has 0 atom stereocenters. The van der Waals surface area contributed by atoms with Gasteiger partial charge in [0.1, 0.15) is 0 Å². The van der Waals surface area contributed by atoms with Gasteiger partial charge in [0.05, 0.1) is 0 Å². The standard InChI is InChI=1S/C6H10O3.Ca.ClH/c1-4(2)3-5(7)6(8)9;;/h4H,3H2,1-2H3,(H,8,9);;1H. The maximum Gasteiger partial charge on any atom is 0.372 e. The summed E-state index contributed by atoms with van der Waals surface area (Å²) in [6.07, 6.45) is 0.134. The zero-order valence-electron chi connectivity index (χ0n) is 6.66.